The van der Waals surface area contributed by atoms with Crippen molar-refractivity contribution in [3.63, 3.8) is 0 Å². The number of carbonyl (C=O) groups is 1. The Morgan fingerprint density at radius 1 is 1.22 bits per heavy atom. The van der Waals surface area contributed by atoms with Crippen LogP contribution >= 0.6 is 23.2 Å². The first-order chi connectivity index (χ1) is 11.0. The van der Waals surface area contributed by atoms with E-state index in [1.807, 2.05) is 37.3 Å². The van der Waals surface area contributed by atoms with Crippen molar-refractivity contribution in [3.05, 3.63) is 63.8 Å². The second kappa shape index (κ2) is 6.60. The average molecular weight is 349 g/mol. The molecule has 3 aromatic rings. The molecule has 3 rings (SSSR count). The SMILES string of the molecule is CC(NC(=O)Cc1noc2ccccc12)c1ccc(Cl)c(Cl)c1. The number of hydrogen-bond acceptors (Lipinski definition) is 3. The van der Waals surface area contributed by atoms with Gasteiger partial charge in [0.2, 0.25) is 5.91 Å². The van der Waals surface area contributed by atoms with Crippen LogP contribution in [0.4, 0.5) is 0 Å². The summed E-state index contributed by atoms with van der Waals surface area (Å²) in [7, 11) is 0. The molecular weight excluding hydrogens is 335 g/mol. The predicted octanol–water partition coefficient (Wildman–Crippen LogP) is 4.55. The van der Waals surface area contributed by atoms with Crippen LogP contribution in [0.2, 0.25) is 10.0 Å². The molecule has 1 unspecified atom stereocenters. The first kappa shape index (κ1) is 15.8. The Morgan fingerprint density at radius 2 is 2.00 bits per heavy atom. The summed E-state index contributed by atoms with van der Waals surface area (Å²) in [5, 5.41) is 8.70. The Kier molecular flexibility index (Phi) is 4.55. The summed E-state index contributed by atoms with van der Waals surface area (Å²) in [5.74, 6) is -0.136. The van der Waals surface area contributed by atoms with Gasteiger partial charge in [-0.3, -0.25) is 4.79 Å². The molecule has 0 saturated carbocycles. The Hall–Kier alpha value is -2.04. The second-order valence-corrected chi connectivity index (χ2v) is 6.08. The van der Waals surface area contributed by atoms with Crippen LogP contribution in [-0.2, 0) is 11.2 Å². The molecule has 1 N–H and O–H groups in total. The molecule has 4 nitrogen and oxygen atoms in total. The van der Waals surface area contributed by atoms with E-state index in [4.69, 9.17) is 27.7 Å². The van der Waals surface area contributed by atoms with Crippen molar-refractivity contribution in [2.24, 2.45) is 0 Å². The van der Waals surface area contributed by atoms with Crippen molar-refractivity contribution in [2.75, 3.05) is 0 Å². The molecule has 0 saturated heterocycles. The molecule has 1 aromatic heterocycles. The highest BCUT2D eigenvalue weighted by atomic mass is 35.5. The Balaban J connectivity index is 1.70. The normalized spacial score (nSPS) is 12.3. The van der Waals surface area contributed by atoms with Gasteiger partial charge in [0.15, 0.2) is 5.58 Å². The van der Waals surface area contributed by atoms with Crippen molar-refractivity contribution in [1.82, 2.24) is 10.5 Å². The third kappa shape index (κ3) is 3.49. The third-order valence-corrected chi connectivity index (χ3v) is 4.34. The summed E-state index contributed by atoms with van der Waals surface area (Å²) in [6.45, 7) is 1.89. The molecule has 0 aliphatic rings. The van der Waals surface area contributed by atoms with Gasteiger partial charge in [0.05, 0.1) is 22.5 Å². The molecule has 23 heavy (non-hydrogen) atoms. The standard InChI is InChI=1S/C17H14Cl2N2O2/c1-10(11-6-7-13(18)14(19)8-11)20-17(22)9-15-12-4-2-3-5-16(12)23-21-15/h2-8,10H,9H2,1H3,(H,20,22). The summed E-state index contributed by atoms with van der Waals surface area (Å²) < 4.78 is 5.21. The van der Waals surface area contributed by atoms with E-state index in [0.29, 0.717) is 21.3 Å². The zero-order chi connectivity index (χ0) is 16.4. The summed E-state index contributed by atoms with van der Waals surface area (Å²) in [4.78, 5) is 12.2. The number of benzene rings is 2. The highest BCUT2D eigenvalue weighted by molar-refractivity contribution is 6.42. The van der Waals surface area contributed by atoms with E-state index in [-0.39, 0.29) is 18.4 Å². The molecule has 6 heteroatoms. The number of para-hydroxylation sites is 1. The lowest BCUT2D eigenvalue weighted by Gasteiger charge is -2.14. The van der Waals surface area contributed by atoms with Gasteiger partial charge in [-0.05, 0) is 36.8 Å². The number of nitrogens with one attached hydrogen (secondary N) is 1. The maximum Gasteiger partial charge on any atom is 0.226 e. The fourth-order valence-electron chi connectivity index (χ4n) is 2.38. The quantitative estimate of drug-likeness (QED) is 0.752. The minimum Gasteiger partial charge on any atom is -0.356 e. The fraction of sp³-hybridized carbons (Fsp3) is 0.176. The fourth-order valence-corrected chi connectivity index (χ4v) is 2.68. The topological polar surface area (TPSA) is 55.1 Å². The largest absolute Gasteiger partial charge is 0.356 e. The number of rotatable bonds is 4. The zero-order valence-electron chi connectivity index (χ0n) is 12.3. The number of nitrogens with zero attached hydrogens (tertiary/aromatic N) is 1. The zero-order valence-corrected chi connectivity index (χ0v) is 13.9. The molecule has 0 aliphatic heterocycles. The van der Waals surface area contributed by atoms with E-state index in [1.54, 1.807) is 12.1 Å². The van der Waals surface area contributed by atoms with Crippen molar-refractivity contribution in [1.29, 1.82) is 0 Å². The van der Waals surface area contributed by atoms with Gasteiger partial charge in [-0.15, -0.1) is 0 Å². The van der Waals surface area contributed by atoms with E-state index in [9.17, 15) is 4.79 Å². The van der Waals surface area contributed by atoms with Crippen molar-refractivity contribution in [3.8, 4) is 0 Å². The molecule has 1 heterocycles. The number of hydrogen-bond donors (Lipinski definition) is 1. The van der Waals surface area contributed by atoms with Gasteiger partial charge in [0.25, 0.3) is 0 Å². The van der Waals surface area contributed by atoms with Crippen LogP contribution < -0.4 is 5.32 Å². The maximum atomic E-state index is 12.2. The van der Waals surface area contributed by atoms with E-state index in [1.165, 1.54) is 0 Å². The number of halogens is 2. The maximum absolute atomic E-state index is 12.2. The van der Waals surface area contributed by atoms with Gasteiger partial charge in [-0.1, -0.05) is 46.6 Å². The highest BCUT2D eigenvalue weighted by Crippen LogP contribution is 2.25. The molecule has 1 amide bonds. The van der Waals surface area contributed by atoms with Crippen molar-refractivity contribution < 1.29 is 9.32 Å². The monoisotopic (exact) mass is 348 g/mol. The van der Waals surface area contributed by atoms with Gasteiger partial charge in [-0.2, -0.15) is 0 Å². The van der Waals surface area contributed by atoms with Gasteiger partial charge in [-0.25, -0.2) is 0 Å². The van der Waals surface area contributed by atoms with Crippen LogP contribution in [0, 0.1) is 0 Å². The third-order valence-electron chi connectivity index (χ3n) is 3.60. The lowest BCUT2D eigenvalue weighted by Crippen LogP contribution is -2.28. The molecule has 1 atom stereocenters. The molecule has 2 aromatic carbocycles. The Labute approximate surface area is 143 Å². The minimum atomic E-state index is -0.185. The molecule has 0 radical (unpaired) electrons. The predicted molar refractivity (Wildman–Crippen MR) is 90.7 cm³/mol. The molecule has 0 bridgehead atoms. The second-order valence-electron chi connectivity index (χ2n) is 5.26. The van der Waals surface area contributed by atoms with E-state index < -0.39 is 0 Å². The van der Waals surface area contributed by atoms with Gasteiger partial charge in [0.1, 0.15) is 5.69 Å². The first-order valence-corrected chi connectivity index (χ1v) is 7.88. The van der Waals surface area contributed by atoms with Crippen LogP contribution in [0.25, 0.3) is 11.0 Å². The van der Waals surface area contributed by atoms with E-state index >= 15 is 0 Å². The number of fused-ring (bicyclic) bond motifs is 1. The van der Waals surface area contributed by atoms with Crippen LogP contribution in [0.5, 0.6) is 0 Å². The summed E-state index contributed by atoms with van der Waals surface area (Å²) >= 11 is 11.9. The highest BCUT2D eigenvalue weighted by Gasteiger charge is 2.15. The lowest BCUT2D eigenvalue weighted by molar-refractivity contribution is -0.121. The summed E-state index contributed by atoms with van der Waals surface area (Å²) in [5.41, 5.74) is 2.19. The van der Waals surface area contributed by atoms with Crippen LogP contribution in [0.1, 0.15) is 24.2 Å². The molecule has 0 fully saturated rings. The van der Waals surface area contributed by atoms with Gasteiger partial charge >= 0.3 is 0 Å². The smallest absolute Gasteiger partial charge is 0.226 e. The average Bonchev–Trinajstić information content (AvgIpc) is 2.93. The Bertz CT molecular complexity index is 861. The minimum absolute atomic E-state index is 0.136. The van der Waals surface area contributed by atoms with E-state index in [0.717, 1.165) is 10.9 Å². The summed E-state index contributed by atoms with van der Waals surface area (Å²) in [6.07, 6.45) is 0.155. The Morgan fingerprint density at radius 3 is 2.78 bits per heavy atom. The number of amides is 1. The number of aromatic nitrogens is 1. The van der Waals surface area contributed by atoms with Crippen LogP contribution in [-0.4, -0.2) is 11.1 Å². The van der Waals surface area contributed by atoms with Crippen molar-refractivity contribution >= 4 is 40.1 Å². The lowest BCUT2D eigenvalue weighted by atomic mass is 10.1. The van der Waals surface area contributed by atoms with Crippen LogP contribution in [0.15, 0.2) is 47.0 Å². The van der Waals surface area contributed by atoms with Crippen molar-refractivity contribution in [2.45, 2.75) is 19.4 Å². The molecular formula is C17H14Cl2N2O2. The van der Waals surface area contributed by atoms with Gasteiger partial charge in [0, 0.05) is 5.39 Å². The molecule has 118 valence electrons. The summed E-state index contributed by atoms with van der Waals surface area (Å²) in [6, 6.07) is 12.6. The molecule has 0 aliphatic carbocycles. The molecule has 0 spiro atoms. The number of carbonyl (C=O) groups excluding carboxylic acids is 1. The van der Waals surface area contributed by atoms with Gasteiger partial charge < -0.3 is 9.84 Å². The van der Waals surface area contributed by atoms with E-state index in [2.05, 4.69) is 10.5 Å². The van der Waals surface area contributed by atoms with Crippen LogP contribution in [0.3, 0.4) is 0 Å². The first-order valence-electron chi connectivity index (χ1n) is 7.12.